The topological polar surface area (TPSA) is 38.5 Å². The summed E-state index contributed by atoms with van der Waals surface area (Å²) >= 11 is 0. The molecule has 1 fully saturated rings. The summed E-state index contributed by atoms with van der Waals surface area (Å²) in [6, 6.07) is 0.966. The number of nitrogens with zero attached hydrogens (tertiary/aromatic N) is 1. The summed E-state index contributed by atoms with van der Waals surface area (Å²) in [7, 11) is 1.77. The lowest BCUT2D eigenvalue weighted by Crippen LogP contribution is -2.43. The van der Waals surface area contributed by atoms with Gasteiger partial charge in [0.25, 0.3) is 0 Å². The van der Waals surface area contributed by atoms with Gasteiger partial charge in [0, 0.05) is 32.3 Å². The molecule has 1 aliphatic rings. The van der Waals surface area contributed by atoms with Gasteiger partial charge < -0.3 is 10.5 Å². The highest BCUT2D eigenvalue weighted by Gasteiger charge is 2.32. The second-order valence-electron chi connectivity index (χ2n) is 5.40. The second kappa shape index (κ2) is 6.58. The van der Waals surface area contributed by atoms with Crippen molar-refractivity contribution in [2.24, 2.45) is 17.6 Å². The monoisotopic (exact) mass is 228 g/mol. The third kappa shape index (κ3) is 4.40. The van der Waals surface area contributed by atoms with Crippen LogP contribution in [-0.2, 0) is 4.74 Å². The Morgan fingerprint density at radius 3 is 2.38 bits per heavy atom. The van der Waals surface area contributed by atoms with Crippen LogP contribution < -0.4 is 5.73 Å². The Bertz CT molecular complexity index is 192. The van der Waals surface area contributed by atoms with Crippen LogP contribution in [-0.4, -0.2) is 43.8 Å². The number of ether oxygens (including phenoxy) is 1. The number of rotatable bonds is 8. The van der Waals surface area contributed by atoms with Crippen LogP contribution in [0.15, 0.2) is 0 Å². The molecular weight excluding hydrogens is 200 g/mol. The van der Waals surface area contributed by atoms with E-state index in [0.717, 1.165) is 25.6 Å². The van der Waals surface area contributed by atoms with Crippen molar-refractivity contribution in [2.45, 2.75) is 45.7 Å². The molecule has 1 rings (SSSR count). The standard InChI is InChI=1S/C13H28N2O/c1-10(11(2)14)9-15(7-8-16-4)12(3)13-5-6-13/h10-13H,5-9,14H2,1-4H3. The quantitative estimate of drug-likeness (QED) is 0.687. The summed E-state index contributed by atoms with van der Waals surface area (Å²) in [4.78, 5) is 2.55. The van der Waals surface area contributed by atoms with Gasteiger partial charge in [-0.3, -0.25) is 4.90 Å². The van der Waals surface area contributed by atoms with Crippen LogP contribution in [0.2, 0.25) is 0 Å². The van der Waals surface area contributed by atoms with E-state index in [0.29, 0.717) is 12.0 Å². The fraction of sp³-hybridized carbons (Fsp3) is 1.00. The Kier molecular flexibility index (Phi) is 5.73. The summed E-state index contributed by atoms with van der Waals surface area (Å²) in [5.41, 5.74) is 5.95. The predicted molar refractivity (Wildman–Crippen MR) is 68.4 cm³/mol. The van der Waals surface area contributed by atoms with Gasteiger partial charge in [-0.05, 0) is 38.5 Å². The first-order valence-corrected chi connectivity index (χ1v) is 6.54. The molecule has 96 valence electrons. The minimum atomic E-state index is 0.274. The van der Waals surface area contributed by atoms with Gasteiger partial charge in [0.2, 0.25) is 0 Å². The molecule has 0 radical (unpaired) electrons. The number of hydrogen-bond donors (Lipinski definition) is 1. The molecule has 0 aliphatic heterocycles. The Balaban J connectivity index is 2.41. The van der Waals surface area contributed by atoms with Crippen LogP contribution in [0.4, 0.5) is 0 Å². The SMILES string of the molecule is COCCN(CC(C)C(C)N)C(C)C1CC1. The van der Waals surface area contributed by atoms with Crippen molar-refractivity contribution in [2.75, 3.05) is 26.8 Å². The zero-order valence-electron chi connectivity index (χ0n) is 11.3. The van der Waals surface area contributed by atoms with Crippen LogP contribution in [0.3, 0.4) is 0 Å². The van der Waals surface area contributed by atoms with E-state index in [9.17, 15) is 0 Å². The number of nitrogens with two attached hydrogens (primary N) is 1. The third-order valence-electron chi connectivity index (χ3n) is 3.88. The molecule has 16 heavy (non-hydrogen) atoms. The average molecular weight is 228 g/mol. The second-order valence-corrected chi connectivity index (χ2v) is 5.40. The van der Waals surface area contributed by atoms with E-state index in [1.54, 1.807) is 7.11 Å². The minimum absolute atomic E-state index is 0.274. The fourth-order valence-electron chi connectivity index (χ4n) is 2.08. The molecule has 1 saturated carbocycles. The molecule has 0 aromatic carbocycles. The molecule has 0 aromatic rings. The van der Waals surface area contributed by atoms with Gasteiger partial charge in [-0.15, -0.1) is 0 Å². The van der Waals surface area contributed by atoms with Gasteiger partial charge in [-0.25, -0.2) is 0 Å². The van der Waals surface area contributed by atoms with Crippen molar-refractivity contribution in [3.05, 3.63) is 0 Å². The van der Waals surface area contributed by atoms with Crippen molar-refractivity contribution < 1.29 is 4.74 Å². The van der Waals surface area contributed by atoms with Crippen molar-refractivity contribution in [3.63, 3.8) is 0 Å². The van der Waals surface area contributed by atoms with E-state index >= 15 is 0 Å². The third-order valence-corrected chi connectivity index (χ3v) is 3.88. The van der Waals surface area contributed by atoms with Crippen molar-refractivity contribution in [1.29, 1.82) is 0 Å². The van der Waals surface area contributed by atoms with E-state index in [1.165, 1.54) is 12.8 Å². The molecule has 0 amide bonds. The van der Waals surface area contributed by atoms with Crippen LogP contribution in [0.5, 0.6) is 0 Å². The zero-order chi connectivity index (χ0) is 12.1. The van der Waals surface area contributed by atoms with Gasteiger partial charge in [0.1, 0.15) is 0 Å². The predicted octanol–water partition coefficient (Wildman–Crippen LogP) is 1.72. The van der Waals surface area contributed by atoms with E-state index in [4.69, 9.17) is 10.5 Å². The van der Waals surface area contributed by atoms with Gasteiger partial charge in [-0.2, -0.15) is 0 Å². The lowest BCUT2D eigenvalue weighted by Gasteiger charge is -2.32. The van der Waals surface area contributed by atoms with Crippen LogP contribution in [0.25, 0.3) is 0 Å². The Morgan fingerprint density at radius 2 is 1.94 bits per heavy atom. The van der Waals surface area contributed by atoms with Crippen LogP contribution in [0, 0.1) is 11.8 Å². The van der Waals surface area contributed by atoms with Crippen molar-refractivity contribution in [1.82, 2.24) is 4.90 Å². The summed E-state index contributed by atoms with van der Waals surface area (Å²) in [6.45, 7) is 9.64. The minimum Gasteiger partial charge on any atom is -0.383 e. The zero-order valence-corrected chi connectivity index (χ0v) is 11.3. The molecule has 0 aromatic heterocycles. The molecule has 0 saturated heterocycles. The number of hydrogen-bond acceptors (Lipinski definition) is 3. The Hall–Kier alpha value is -0.120. The normalized spacial score (nSPS) is 22.1. The summed E-state index contributed by atoms with van der Waals surface area (Å²) in [6.07, 6.45) is 2.80. The molecule has 1 aliphatic carbocycles. The Labute approximate surface area is 100 Å². The average Bonchev–Trinajstić information content (AvgIpc) is 3.06. The molecule has 3 nitrogen and oxygen atoms in total. The smallest absolute Gasteiger partial charge is 0.0589 e. The molecule has 0 heterocycles. The van der Waals surface area contributed by atoms with Crippen molar-refractivity contribution in [3.8, 4) is 0 Å². The highest BCUT2D eigenvalue weighted by molar-refractivity contribution is 4.86. The summed E-state index contributed by atoms with van der Waals surface area (Å²) in [5, 5.41) is 0. The largest absolute Gasteiger partial charge is 0.383 e. The molecule has 3 atom stereocenters. The maximum absolute atomic E-state index is 5.95. The highest BCUT2D eigenvalue weighted by atomic mass is 16.5. The summed E-state index contributed by atoms with van der Waals surface area (Å²) < 4.78 is 5.19. The van der Waals surface area contributed by atoms with Crippen LogP contribution >= 0.6 is 0 Å². The first kappa shape index (κ1) is 13.9. The van der Waals surface area contributed by atoms with Gasteiger partial charge in [-0.1, -0.05) is 6.92 Å². The van der Waals surface area contributed by atoms with Gasteiger partial charge >= 0.3 is 0 Å². The van der Waals surface area contributed by atoms with E-state index < -0.39 is 0 Å². The van der Waals surface area contributed by atoms with Gasteiger partial charge in [0.15, 0.2) is 0 Å². The van der Waals surface area contributed by atoms with E-state index in [2.05, 4.69) is 25.7 Å². The van der Waals surface area contributed by atoms with Gasteiger partial charge in [0.05, 0.1) is 6.61 Å². The van der Waals surface area contributed by atoms with Crippen LogP contribution in [0.1, 0.15) is 33.6 Å². The molecule has 2 N–H and O–H groups in total. The number of methoxy groups -OCH3 is 1. The maximum Gasteiger partial charge on any atom is 0.0589 e. The Morgan fingerprint density at radius 1 is 1.31 bits per heavy atom. The molecule has 0 bridgehead atoms. The lowest BCUT2D eigenvalue weighted by atomic mass is 10.0. The molecule has 0 spiro atoms. The maximum atomic E-state index is 5.95. The molecule has 3 unspecified atom stereocenters. The van der Waals surface area contributed by atoms with E-state index in [-0.39, 0.29) is 6.04 Å². The van der Waals surface area contributed by atoms with E-state index in [1.807, 2.05) is 0 Å². The van der Waals surface area contributed by atoms with Crippen molar-refractivity contribution >= 4 is 0 Å². The molecule has 3 heteroatoms. The lowest BCUT2D eigenvalue weighted by molar-refractivity contribution is 0.102. The highest BCUT2D eigenvalue weighted by Crippen LogP contribution is 2.35. The first-order chi connectivity index (χ1) is 7.56. The fourth-order valence-corrected chi connectivity index (χ4v) is 2.08. The first-order valence-electron chi connectivity index (χ1n) is 6.54. The molecular formula is C13H28N2O. The summed E-state index contributed by atoms with van der Waals surface area (Å²) in [5.74, 6) is 1.47.